The van der Waals surface area contributed by atoms with Crippen molar-refractivity contribution >= 4 is 0 Å². The Kier molecular flexibility index (Phi) is 6.09. The van der Waals surface area contributed by atoms with E-state index in [1.807, 2.05) is 0 Å². The van der Waals surface area contributed by atoms with Crippen LogP contribution in [-0.2, 0) is 13.0 Å². The van der Waals surface area contributed by atoms with Crippen LogP contribution < -0.4 is 14.8 Å². The van der Waals surface area contributed by atoms with Crippen LogP contribution in [0.5, 0.6) is 11.5 Å². The Morgan fingerprint density at radius 2 is 1.91 bits per heavy atom. The van der Waals surface area contributed by atoms with Crippen molar-refractivity contribution in [1.29, 1.82) is 0 Å². The van der Waals surface area contributed by atoms with Gasteiger partial charge in [-0.1, -0.05) is 20.8 Å². The molecule has 1 heterocycles. The van der Waals surface area contributed by atoms with Crippen LogP contribution in [-0.4, -0.2) is 38.8 Å². The Morgan fingerprint density at radius 1 is 1.18 bits per heavy atom. The quantitative estimate of drug-likeness (QED) is 0.839. The van der Waals surface area contributed by atoms with Crippen molar-refractivity contribution in [1.82, 2.24) is 10.2 Å². The predicted octanol–water partition coefficient (Wildman–Crippen LogP) is 3.14. The van der Waals surface area contributed by atoms with Gasteiger partial charge in [-0.25, -0.2) is 0 Å². The van der Waals surface area contributed by atoms with Crippen LogP contribution in [0.25, 0.3) is 0 Å². The summed E-state index contributed by atoms with van der Waals surface area (Å²) in [5.74, 6) is 2.06. The minimum absolute atomic E-state index is 0.357. The maximum Gasteiger partial charge on any atom is 0.127 e. The molecule has 1 aromatic carbocycles. The predicted molar refractivity (Wildman–Crippen MR) is 90.9 cm³/mol. The van der Waals surface area contributed by atoms with Crippen LogP contribution >= 0.6 is 0 Å². The molecular weight excluding hydrogens is 276 g/mol. The normalized spacial score (nSPS) is 17.5. The summed E-state index contributed by atoms with van der Waals surface area (Å²) >= 11 is 0. The molecule has 124 valence electrons. The number of methoxy groups -OCH3 is 2. The Bertz CT molecular complexity index is 498. The average Bonchev–Trinajstić information content (AvgIpc) is 2.57. The molecule has 4 heteroatoms. The Balaban J connectivity index is 2.52. The van der Waals surface area contributed by atoms with Crippen molar-refractivity contribution in [3.63, 3.8) is 0 Å². The third-order valence-corrected chi connectivity index (χ3v) is 4.70. The minimum Gasteiger partial charge on any atom is -0.496 e. The second kappa shape index (κ2) is 7.84. The number of nitrogens with zero attached hydrogens (tertiary/aromatic N) is 1. The van der Waals surface area contributed by atoms with Gasteiger partial charge < -0.3 is 14.8 Å². The zero-order valence-corrected chi connectivity index (χ0v) is 14.7. The Labute approximate surface area is 134 Å². The van der Waals surface area contributed by atoms with E-state index in [0.717, 1.165) is 50.5 Å². The van der Waals surface area contributed by atoms with E-state index in [1.54, 1.807) is 14.2 Å². The largest absolute Gasteiger partial charge is 0.496 e. The molecule has 1 aliphatic heterocycles. The maximum absolute atomic E-state index is 5.82. The fraction of sp³-hybridized carbons (Fsp3) is 0.667. The lowest BCUT2D eigenvalue weighted by molar-refractivity contribution is 0.286. The van der Waals surface area contributed by atoms with Crippen LogP contribution in [0.4, 0.5) is 0 Å². The molecule has 0 spiro atoms. The van der Waals surface area contributed by atoms with Crippen LogP contribution in [0.2, 0.25) is 0 Å². The summed E-state index contributed by atoms with van der Waals surface area (Å²) in [5, 5.41) is 3.59. The van der Waals surface area contributed by atoms with Gasteiger partial charge in [-0.15, -0.1) is 0 Å². The number of ether oxygens (including phenoxy) is 2. The molecule has 0 aliphatic carbocycles. The Morgan fingerprint density at radius 3 is 2.45 bits per heavy atom. The molecule has 2 rings (SSSR count). The smallest absolute Gasteiger partial charge is 0.127 e. The highest BCUT2D eigenvalue weighted by Crippen LogP contribution is 2.41. The molecule has 22 heavy (non-hydrogen) atoms. The highest BCUT2D eigenvalue weighted by atomic mass is 16.5. The zero-order chi connectivity index (χ0) is 16.1. The molecule has 4 nitrogen and oxygen atoms in total. The van der Waals surface area contributed by atoms with Gasteiger partial charge in [0.25, 0.3) is 0 Å². The molecule has 0 aromatic heterocycles. The first kappa shape index (κ1) is 17.1. The molecule has 0 amide bonds. The van der Waals surface area contributed by atoms with E-state index in [-0.39, 0.29) is 0 Å². The molecule has 0 saturated heterocycles. The first-order valence-corrected chi connectivity index (χ1v) is 8.42. The summed E-state index contributed by atoms with van der Waals surface area (Å²) < 4.78 is 11.5. The highest BCUT2D eigenvalue weighted by molar-refractivity contribution is 5.56. The summed E-state index contributed by atoms with van der Waals surface area (Å²) in [6, 6.07) is 2.53. The maximum atomic E-state index is 5.82. The summed E-state index contributed by atoms with van der Waals surface area (Å²) in [6.07, 6.45) is 2.05. The van der Waals surface area contributed by atoms with E-state index in [2.05, 4.69) is 37.1 Å². The van der Waals surface area contributed by atoms with Gasteiger partial charge in [-0.3, -0.25) is 4.90 Å². The molecule has 0 bridgehead atoms. The van der Waals surface area contributed by atoms with Gasteiger partial charge in [0, 0.05) is 29.3 Å². The van der Waals surface area contributed by atoms with E-state index in [1.165, 1.54) is 16.7 Å². The lowest BCUT2D eigenvalue weighted by atomic mass is 9.89. The van der Waals surface area contributed by atoms with Gasteiger partial charge in [-0.05, 0) is 38.5 Å². The number of rotatable bonds is 7. The fourth-order valence-corrected chi connectivity index (χ4v) is 3.45. The van der Waals surface area contributed by atoms with Crippen molar-refractivity contribution in [2.75, 3.05) is 33.9 Å². The van der Waals surface area contributed by atoms with E-state index < -0.39 is 0 Å². The van der Waals surface area contributed by atoms with Crippen LogP contribution in [0.15, 0.2) is 6.07 Å². The topological polar surface area (TPSA) is 33.7 Å². The first-order chi connectivity index (χ1) is 10.7. The second-order valence-electron chi connectivity index (χ2n) is 5.79. The van der Waals surface area contributed by atoms with Gasteiger partial charge >= 0.3 is 0 Å². The van der Waals surface area contributed by atoms with Gasteiger partial charge in [0.1, 0.15) is 11.5 Å². The van der Waals surface area contributed by atoms with Crippen LogP contribution in [0, 0.1) is 0 Å². The summed E-state index contributed by atoms with van der Waals surface area (Å²) in [6.45, 7) is 10.6. The lowest BCUT2D eigenvalue weighted by Gasteiger charge is -2.31. The molecule has 1 atom stereocenters. The highest BCUT2D eigenvalue weighted by Gasteiger charge is 2.27. The van der Waals surface area contributed by atoms with Crippen LogP contribution in [0.3, 0.4) is 0 Å². The lowest BCUT2D eigenvalue weighted by Crippen LogP contribution is -2.31. The van der Waals surface area contributed by atoms with Crippen LogP contribution in [0.1, 0.15) is 49.9 Å². The number of nitrogens with one attached hydrogen (secondary N) is 1. The number of hydrogen-bond acceptors (Lipinski definition) is 4. The van der Waals surface area contributed by atoms with Gasteiger partial charge in [0.2, 0.25) is 0 Å². The first-order valence-electron chi connectivity index (χ1n) is 8.42. The SMILES string of the molecule is CCC1NCCc2c(OC)c(CN(CC)CC)cc(OC)c21. The monoisotopic (exact) mass is 306 g/mol. The van der Waals surface area contributed by atoms with E-state index in [0.29, 0.717) is 6.04 Å². The van der Waals surface area contributed by atoms with E-state index in [4.69, 9.17) is 9.47 Å². The minimum atomic E-state index is 0.357. The van der Waals surface area contributed by atoms with E-state index >= 15 is 0 Å². The molecule has 0 radical (unpaired) electrons. The van der Waals surface area contributed by atoms with Crippen molar-refractivity contribution in [2.45, 2.75) is 46.2 Å². The number of hydrogen-bond donors (Lipinski definition) is 1. The molecule has 0 fully saturated rings. The molecule has 0 saturated carbocycles. The fourth-order valence-electron chi connectivity index (χ4n) is 3.45. The van der Waals surface area contributed by atoms with Gasteiger partial charge in [0.05, 0.1) is 14.2 Å². The van der Waals surface area contributed by atoms with Gasteiger partial charge in [-0.2, -0.15) is 0 Å². The average molecular weight is 306 g/mol. The van der Waals surface area contributed by atoms with Crippen molar-refractivity contribution in [3.05, 3.63) is 22.8 Å². The van der Waals surface area contributed by atoms with Crippen molar-refractivity contribution in [3.8, 4) is 11.5 Å². The third-order valence-electron chi connectivity index (χ3n) is 4.70. The van der Waals surface area contributed by atoms with Crippen molar-refractivity contribution in [2.24, 2.45) is 0 Å². The van der Waals surface area contributed by atoms with E-state index in [9.17, 15) is 0 Å². The summed E-state index contributed by atoms with van der Waals surface area (Å²) in [4.78, 5) is 2.40. The summed E-state index contributed by atoms with van der Waals surface area (Å²) in [7, 11) is 3.56. The number of fused-ring (bicyclic) bond motifs is 1. The number of benzene rings is 1. The summed E-state index contributed by atoms with van der Waals surface area (Å²) in [5.41, 5.74) is 3.85. The molecule has 1 N–H and O–H groups in total. The molecule has 1 unspecified atom stereocenters. The molecular formula is C18H30N2O2. The molecule has 1 aliphatic rings. The standard InChI is InChI=1S/C18H30N2O2/c1-6-15-17-14(9-10-19-15)18(22-5)13(11-16(17)21-4)12-20(7-2)8-3/h11,15,19H,6-10,12H2,1-5H3. The zero-order valence-electron chi connectivity index (χ0n) is 14.7. The second-order valence-corrected chi connectivity index (χ2v) is 5.79. The van der Waals surface area contributed by atoms with Crippen molar-refractivity contribution < 1.29 is 9.47 Å². The molecule has 1 aromatic rings. The van der Waals surface area contributed by atoms with Gasteiger partial charge in [0.15, 0.2) is 0 Å². The Hall–Kier alpha value is -1.26. The third kappa shape index (κ3) is 3.23.